The summed E-state index contributed by atoms with van der Waals surface area (Å²) in [4.78, 5) is 3.98. The lowest BCUT2D eigenvalue weighted by Gasteiger charge is -2.12. The molecule has 0 bridgehead atoms. The van der Waals surface area contributed by atoms with Crippen LogP contribution in [0.4, 0.5) is 4.39 Å². The van der Waals surface area contributed by atoms with E-state index in [4.69, 9.17) is 4.74 Å². The topological polar surface area (TPSA) is 34.2 Å². The molecule has 0 unspecified atom stereocenters. The van der Waals surface area contributed by atoms with Gasteiger partial charge in [-0.05, 0) is 31.4 Å². The highest BCUT2D eigenvalue weighted by atomic mass is 19.1. The van der Waals surface area contributed by atoms with Crippen molar-refractivity contribution in [1.82, 2.24) is 10.3 Å². The third-order valence-electron chi connectivity index (χ3n) is 3.43. The Morgan fingerprint density at radius 2 is 2.22 bits per heavy atom. The predicted molar refractivity (Wildman–Crippen MR) is 69.0 cm³/mol. The average molecular weight is 252 g/mol. The molecule has 18 heavy (non-hydrogen) atoms. The molecular formula is C14H21FN2O. The second-order valence-corrected chi connectivity index (χ2v) is 4.83. The summed E-state index contributed by atoms with van der Waals surface area (Å²) in [7, 11) is 0. The number of rotatable bonds is 6. The first-order chi connectivity index (χ1) is 8.81. The zero-order valence-electron chi connectivity index (χ0n) is 10.9. The number of aromatic nitrogens is 1. The van der Waals surface area contributed by atoms with E-state index in [1.54, 1.807) is 12.3 Å². The molecule has 1 aliphatic rings. The fourth-order valence-corrected chi connectivity index (χ4v) is 2.33. The standard InChI is InChI=1S/C14H21FN2O/c1-2-16-9-12-7-8-17-14(13(12)15)18-10-11-5-3-4-6-11/h7-8,11,16H,2-6,9-10H2,1H3. The van der Waals surface area contributed by atoms with Gasteiger partial charge in [0.1, 0.15) is 0 Å². The molecular weight excluding hydrogens is 231 g/mol. The van der Waals surface area contributed by atoms with Crippen LogP contribution in [0.2, 0.25) is 0 Å². The number of nitrogens with zero attached hydrogens (tertiary/aromatic N) is 1. The molecule has 1 fully saturated rings. The fourth-order valence-electron chi connectivity index (χ4n) is 2.33. The molecule has 0 saturated heterocycles. The monoisotopic (exact) mass is 252 g/mol. The molecule has 3 nitrogen and oxygen atoms in total. The van der Waals surface area contributed by atoms with Crippen LogP contribution in [-0.4, -0.2) is 18.1 Å². The lowest BCUT2D eigenvalue weighted by Crippen LogP contribution is -2.15. The van der Waals surface area contributed by atoms with E-state index < -0.39 is 0 Å². The van der Waals surface area contributed by atoms with Crippen LogP contribution < -0.4 is 10.1 Å². The number of halogens is 1. The van der Waals surface area contributed by atoms with Crippen LogP contribution in [0.5, 0.6) is 5.88 Å². The molecule has 4 heteroatoms. The normalized spacial score (nSPS) is 16.1. The van der Waals surface area contributed by atoms with Crippen LogP contribution in [0.3, 0.4) is 0 Å². The van der Waals surface area contributed by atoms with Crippen molar-refractivity contribution in [3.05, 3.63) is 23.6 Å². The Kier molecular flexibility index (Phi) is 4.93. The third kappa shape index (κ3) is 3.42. The molecule has 1 aromatic rings. The van der Waals surface area contributed by atoms with E-state index in [0.717, 1.165) is 6.54 Å². The molecule has 0 aromatic carbocycles. The van der Waals surface area contributed by atoms with E-state index in [-0.39, 0.29) is 11.7 Å². The molecule has 1 aromatic heterocycles. The van der Waals surface area contributed by atoms with Crippen molar-refractivity contribution in [2.24, 2.45) is 5.92 Å². The molecule has 1 aliphatic carbocycles. The van der Waals surface area contributed by atoms with Crippen LogP contribution in [0.15, 0.2) is 12.3 Å². The quantitative estimate of drug-likeness (QED) is 0.845. The van der Waals surface area contributed by atoms with Gasteiger partial charge in [-0.3, -0.25) is 0 Å². The zero-order chi connectivity index (χ0) is 12.8. The maximum Gasteiger partial charge on any atom is 0.250 e. The predicted octanol–water partition coefficient (Wildman–Crippen LogP) is 2.90. The van der Waals surface area contributed by atoms with Gasteiger partial charge in [0, 0.05) is 18.3 Å². The highest BCUT2D eigenvalue weighted by molar-refractivity contribution is 5.23. The van der Waals surface area contributed by atoms with Crippen molar-refractivity contribution in [3.8, 4) is 5.88 Å². The molecule has 1 heterocycles. The highest BCUT2D eigenvalue weighted by Gasteiger charge is 2.17. The van der Waals surface area contributed by atoms with Crippen LogP contribution >= 0.6 is 0 Å². The van der Waals surface area contributed by atoms with E-state index in [2.05, 4.69) is 10.3 Å². The highest BCUT2D eigenvalue weighted by Crippen LogP contribution is 2.26. The summed E-state index contributed by atoms with van der Waals surface area (Å²) in [5, 5.41) is 3.11. The molecule has 0 aliphatic heterocycles. The van der Waals surface area contributed by atoms with Gasteiger partial charge in [0.15, 0.2) is 5.82 Å². The summed E-state index contributed by atoms with van der Waals surface area (Å²) < 4.78 is 19.6. The van der Waals surface area contributed by atoms with Gasteiger partial charge in [-0.1, -0.05) is 19.8 Å². The van der Waals surface area contributed by atoms with Crippen molar-refractivity contribution in [2.75, 3.05) is 13.2 Å². The van der Waals surface area contributed by atoms with E-state index >= 15 is 0 Å². The summed E-state index contributed by atoms with van der Waals surface area (Å²) in [5.41, 5.74) is 0.619. The maximum absolute atomic E-state index is 14.0. The molecule has 2 rings (SSSR count). The van der Waals surface area contributed by atoms with Gasteiger partial charge in [-0.25, -0.2) is 9.37 Å². The van der Waals surface area contributed by atoms with Crippen LogP contribution in [0.1, 0.15) is 38.2 Å². The lowest BCUT2D eigenvalue weighted by molar-refractivity contribution is 0.232. The van der Waals surface area contributed by atoms with Gasteiger partial charge in [0.2, 0.25) is 0 Å². The van der Waals surface area contributed by atoms with Gasteiger partial charge < -0.3 is 10.1 Å². The smallest absolute Gasteiger partial charge is 0.250 e. The third-order valence-corrected chi connectivity index (χ3v) is 3.43. The Morgan fingerprint density at radius 1 is 1.44 bits per heavy atom. The Balaban J connectivity index is 1.94. The minimum Gasteiger partial charge on any atom is -0.475 e. The van der Waals surface area contributed by atoms with Gasteiger partial charge >= 0.3 is 0 Å². The fraction of sp³-hybridized carbons (Fsp3) is 0.643. The number of ether oxygens (including phenoxy) is 1. The van der Waals surface area contributed by atoms with Gasteiger partial charge in [0.05, 0.1) is 6.61 Å². The summed E-state index contributed by atoms with van der Waals surface area (Å²) in [6.07, 6.45) is 6.53. The Bertz CT molecular complexity index is 378. The minimum absolute atomic E-state index is 0.150. The Labute approximate surface area is 108 Å². The van der Waals surface area contributed by atoms with Crippen molar-refractivity contribution < 1.29 is 9.13 Å². The number of pyridine rings is 1. The zero-order valence-corrected chi connectivity index (χ0v) is 10.9. The number of hydrogen-bond acceptors (Lipinski definition) is 3. The molecule has 0 spiro atoms. The molecule has 1 saturated carbocycles. The first-order valence-electron chi connectivity index (χ1n) is 6.78. The largest absolute Gasteiger partial charge is 0.475 e. The second kappa shape index (κ2) is 6.69. The summed E-state index contributed by atoms with van der Waals surface area (Å²) >= 11 is 0. The average Bonchev–Trinajstić information content (AvgIpc) is 2.89. The van der Waals surface area contributed by atoms with Crippen molar-refractivity contribution >= 4 is 0 Å². The number of hydrogen-bond donors (Lipinski definition) is 1. The summed E-state index contributed by atoms with van der Waals surface area (Å²) in [5.74, 6) is 0.400. The van der Waals surface area contributed by atoms with Gasteiger partial charge in [-0.15, -0.1) is 0 Å². The van der Waals surface area contributed by atoms with Crippen molar-refractivity contribution in [3.63, 3.8) is 0 Å². The molecule has 0 atom stereocenters. The van der Waals surface area contributed by atoms with Crippen LogP contribution in [0.25, 0.3) is 0 Å². The minimum atomic E-state index is -0.323. The SMILES string of the molecule is CCNCc1ccnc(OCC2CCCC2)c1F. The van der Waals surface area contributed by atoms with E-state index in [1.807, 2.05) is 6.92 Å². The second-order valence-electron chi connectivity index (χ2n) is 4.83. The summed E-state index contributed by atoms with van der Waals surface area (Å²) in [6.45, 7) is 3.93. The lowest BCUT2D eigenvalue weighted by atomic mass is 10.1. The Morgan fingerprint density at radius 3 is 2.94 bits per heavy atom. The molecule has 100 valence electrons. The van der Waals surface area contributed by atoms with Crippen LogP contribution in [0, 0.1) is 11.7 Å². The number of nitrogens with one attached hydrogen (secondary N) is 1. The van der Waals surface area contributed by atoms with Crippen molar-refractivity contribution in [2.45, 2.75) is 39.2 Å². The van der Waals surface area contributed by atoms with E-state index in [9.17, 15) is 4.39 Å². The molecule has 0 radical (unpaired) electrons. The van der Waals surface area contributed by atoms with Crippen molar-refractivity contribution in [1.29, 1.82) is 0 Å². The van der Waals surface area contributed by atoms with Gasteiger partial charge in [-0.2, -0.15) is 0 Å². The first kappa shape index (κ1) is 13.3. The first-order valence-corrected chi connectivity index (χ1v) is 6.78. The van der Waals surface area contributed by atoms with E-state index in [0.29, 0.717) is 24.6 Å². The maximum atomic E-state index is 14.0. The van der Waals surface area contributed by atoms with E-state index in [1.165, 1.54) is 25.7 Å². The Hall–Kier alpha value is -1.16. The van der Waals surface area contributed by atoms with Gasteiger partial charge in [0.25, 0.3) is 5.88 Å². The molecule has 1 N–H and O–H groups in total. The summed E-state index contributed by atoms with van der Waals surface area (Å²) in [6, 6.07) is 1.69. The van der Waals surface area contributed by atoms with Crippen LogP contribution in [-0.2, 0) is 6.54 Å². The molecule has 0 amide bonds.